The van der Waals surface area contributed by atoms with Crippen LogP contribution >= 0.6 is 0 Å². The molecular weight excluding hydrogens is 354 g/mol. The van der Waals surface area contributed by atoms with E-state index >= 15 is 0 Å². The summed E-state index contributed by atoms with van der Waals surface area (Å²) in [6, 6.07) is 5.65. The number of nitrogens with zero attached hydrogens (tertiary/aromatic N) is 1. The van der Waals surface area contributed by atoms with Gasteiger partial charge < -0.3 is 26.2 Å². The zero-order valence-electron chi connectivity index (χ0n) is 14.7. The summed E-state index contributed by atoms with van der Waals surface area (Å²) >= 11 is 0. The van der Waals surface area contributed by atoms with Gasteiger partial charge in [-0.3, -0.25) is 14.4 Å². The second-order valence-electron chi connectivity index (χ2n) is 6.48. The lowest BCUT2D eigenvalue weighted by atomic mass is 10.1. The zero-order chi connectivity index (χ0) is 20.0. The van der Waals surface area contributed by atoms with Crippen molar-refractivity contribution in [3.05, 3.63) is 35.9 Å². The number of carbonyl (C=O) groups is 4. The third-order valence-corrected chi connectivity index (χ3v) is 4.45. The van der Waals surface area contributed by atoms with Crippen molar-refractivity contribution in [1.82, 2.24) is 10.2 Å². The van der Waals surface area contributed by atoms with Crippen molar-refractivity contribution >= 4 is 23.8 Å². The van der Waals surface area contributed by atoms with Crippen LogP contribution in [0.4, 0.5) is 0 Å². The van der Waals surface area contributed by atoms with Crippen LogP contribution in [0.3, 0.4) is 0 Å². The van der Waals surface area contributed by atoms with Crippen molar-refractivity contribution in [2.75, 3.05) is 6.54 Å². The monoisotopic (exact) mass is 377 g/mol. The average Bonchev–Trinajstić information content (AvgIpc) is 3.10. The molecule has 27 heavy (non-hydrogen) atoms. The fraction of sp³-hybridized carbons (Fsp3) is 0.444. The third kappa shape index (κ3) is 5.52. The molecule has 2 amide bonds. The van der Waals surface area contributed by atoms with E-state index in [4.69, 9.17) is 10.8 Å². The smallest absolute Gasteiger partial charge is 0.326 e. The third-order valence-electron chi connectivity index (χ3n) is 4.45. The largest absolute Gasteiger partial charge is 0.481 e. The number of nitrogens with two attached hydrogens (primary N) is 1. The van der Waals surface area contributed by atoms with Crippen molar-refractivity contribution in [1.29, 1.82) is 0 Å². The van der Waals surface area contributed by atoms with E-state index in [9.17, 15) is 24.3 Å². The fourth-order valence-corrected chi connectivity index (χ4v) is 3.11. The molecule has 1 aromatic rings. The maximum atomic E-state index is 12.6. The van der Waals surface area contributed by atoms with Crippen LogP contribution in [0.15, 0.2) is 30.3 Å². The Hall–Kier alpha value is -2.94. The van der Waals surface area contributed by atoms with Gasteiger partial charge in [-0.2, -0.15) is 0 Å². The summed E-state index contributed by atoms with van der Waals surface area (Å²) in [5.74, 6) is -3.58. The van der Waals surface area contributed by atoms with Crippen molar-refractivity contribution in [2.45, 2.75) is 43.8 Å². The van der Waals surface area contributed by atoms with Gasteiger partial charge in [0.1, 0.15) is 12.1 Å². The summed E-state index contributed by atoms with van der Waals surface area (Å²) in [4.78, 5) is 48.4. The average molecular weight is 377 g/mol. The lowest BCUT2D eigenvalue weighted by molar-refractivity contribution is -0.145. The van der Waals surface area contributed by atoms with Gasteiger partial charge in [-0.05, 0) is 18.4 Å². The molecule has 0 aromatic heterocycles. The first-order chi connectivity index (χ1) is 12.8. The Balaban J connectivity index is 2.04. The minimum Gasteiger partial charge on any atom is -0.481 e. The molecule has 0 aliphatic carbocycles. The Bertz CT molecular complexity index is 708. The molecular formula is C18H23N3O6. The molecule has 1 aromatic carbocycles. The van der Waals surface area contributed by atoms with Crippen LogP contribution in [-0.4, -0.2) is 63.5 Å². The molecule has 1 fully saturated rings. The van der Waals surface area contributed by atoms with Gasteiger partial charge in [-0.1, -0.05) is 30.3 Å². The van der Waals surface area contributed by atoms with Gasteiger partial charge in [-0.25, -0.2) is 4.79 Å². The summed E-state index contributed by atoms with van der Waals surface area (Å²) in [6.07, 6.45) is 0.506. The highest BCUT2D eigenvalue weighted by Crippen LogP contribution is 2.19. The Morgan fingerprint density at radius 3 is 2.44 bits per heavy atom. The molecule has 5 N–H and O–H groups in total. The molecule has 146 valence electrons. The fourth-order valence-electron chi connectivity index (χ4n) is 3.11. The van der Waals surface area contributed by atoms with Gasteiger partial charge in [0.25, 0.3) is 0 Å². The maximum absolute atomic E-state index is 12.6. The van der Waals surface area contributed by atoms with Crippen molar-refractivity contribution in [3.63, 3.8) is 0 Å². The summed E-state index contributed by atoms with van der Waals surface area (Å²) < 4.78 is 0. The molecule has 0 spiro atoms. The first-order valence-electron chi connectivity index (χ1n) is 8.64. The van der Waals surface area contributed by atoms with E-state index in [-0.39, 0.29) is 13.0 Å². The Morgan fingerprint density at radius 1 is 1.19 bits per heavy atom. The molecule has 3 atom stereocenters. The van der Waals surface area contributed by atoms with Crippen molar-refractivity contribution in [2.24, 2.45) is 5.73 Å². The Morgan fingerprint density at radius 2 is 1.85 bits per heavy atom. The Labute approximate surface area is 156 Å². The molecule has 0 radical (unpaired) electrons. The predicted octanol–water partition coefficient (Wildman–Crippen LogP) is -0.408. The number of likely N-dealkylation sites (tertiary alicyclic amines) is 1. The Kier molecular flexibility index (Phi) is 6.89. The molecule has 1 aliphatic heterocycles. The highest BCUT2D eigenvalue weighted by Gasteiger charge is 2.37. The highest BCUT2D eigenvalue weighted by molar-refractivity contribution is 5.93. The van der Waals surface area contributed by atoms with Crippen LogP contribution < -0.4 is 11.1 Å². The van der Waals surface area contributed by atoms with Gasteiger partial charge in [0.2, 0.25) is 11.8 Å². The van der Waals surface area contributed by atoms with Gasteiger partial charge in [-0.15, -0.1) is 0 Å². The van der Waals surface area contributed by atoms with Crippen molar-refractivity contribution < 1.29 is 29.4 Å². The number of carboxylic acid groups (broad SMARTS) is 2. The van der Waals surface area contributed by atoms with Gasteiger partial charge in [0.15, 0.2) is 0 Å². The number of benzene rings is 1. The van der Waals surface area contributed by atoms with Crippen molar-refractivity contribution in [3.8, 4) is 0 Å². The van der Waals surface area contributed by atoms with E-state index in [2.05, 4.69) is 5.32 Å². The van der Waals surface area contributed by atoms with E-state index in [1.165, 1.54) is 4.90 Å². The van der Waals surface area contributed by atoms with E-state index in [0.717, 1.165) is 5.56 Å². The summed E-state index contributed by atoms with van der Waals surface area (Å²) in [7, 11) is 0. The quantitative estimate of drug-likeness (QED) is 0.481. The normalized spacial score (nSPS) is 18.6. The van der Waals surface area contributed by atoms with Gasteiger partial charge >= 0.3 is 11.9 Å². The summed E-state index contributed by atoms with van der Waals surface area (Å²) in [5.41, 5.74) is 6.37. The van der Waals surface area contributed by atoms with Crippen LogP contribution in [0.25, 0.3) is 0 Å². The van der Waals surface area contributed by atoms with Crippen LogP contribution in [0, 0.1) is 0 Å². The molecule has 2 rings (SSSR count). The van der Waals surface area contributed by atoms with E-state index in [1.807, 2.05) is 0 Å². The van der Waals surface area contributed by atoms with Crippen LogP contribution in [0.2, 0.25) is 0 Å². The number of aliphatic carboxylic acids is 2. The standard InChI is InChI=1S/C18H23N3O6/c19-12(10-15(22)23)17(25)21-8-4-7-14(21)16(24)20-13(18(26)27)9-11-5-2-1-3-6-11/h1-3,5-6,12-14H,4,7-10,19H2,(H,20,24)(H,22,23)(H,26,27)/t12-,13-,14-/m0/s1. The second kappa shape index (κ2) is 9.13. The van der Waals surface area contributed by atoms with Gasteiger partial charge in [0, 0.05) is 13.0 Å². The SMILES string of the molecule is N[C@@H](CC(=O)O)C(=O)N1CCC[C@H]1C(=O)N[C@@H](Cc1ccccc1)C(=O)O. The van der Waals surface area contributed by atoms with Crippen LogP contribution in [0.5, 0.6) is 0 Å². The molecule has 9 heteroatoms. The number of nitrogens with one attached hydrogen (secondary N) is 1. The minimum atomic E-state index is -1.24. The maximum Gasteiger partial charge on any atom is 0.326 e. The number of hydrogen-bond donors (Lipinski definition) is 4. The van der Waals surface area contributed by atoms with Gasteiger partial charge in [0.05, 0.1) is 12.5 Å². The first-order valence-corrected chi connectivity index (χ1v) is 8.64. The lowest BCUT2D eigenvalue weighted by Gasteiger charge is -2.27. The summed E-state index contributed by atoms with van der Waals surface area (Å²) in [6.45, 7) is 0.278. The number of carboxylic acids is 2. The molecule has 9 nitrogen and oxygen atoms in total. The van der Waals surface area contributed by atoms with E-state index in [1.54, 1.807) is 30.3 Å². The number of amides is 2. The minimum absolute atomic E-state index is 0.112. The van der Waals surface area contributed by atoms with E-state index in [0.29, 0.717) is 12.8 Å². The second-order valence-corrected chi connectivity index (χ2v) is 6.48. The molecule has 0 bridgehead atoms. The predicted molar refractivity (Wildman–Crippen MR) is 94.7 cm³/mol. The lowest BCUT2D eigenvalue weighted by Crippen LogP contribution is -2.54. The number of carbonyl (C=O) groups excluding carboxylic acids is 2. The number of hydrogen-bond acceptors (Lipinski definition) is 5. The summed E-state index contributed by atoms with van der Waals surface area (Å²) in [5, 5.41) is 20.7. The molecule has 1 saturated heterocycles. The molecule has 1 aliphatic rings. The van der Waals surface area contributed by atoms with E-state index < -0.39 is 48.3 Å². The number of rotatable bonds is 8. The molecule has 1 heterocycles. The topological polar surface area (TPSA) is 150 Å². The van der Waals surface area contributed by atoms with Crippen LogP contribution in [-0.2, 0) is 25.6 Å². The highest BCUT2D eigenvalue weighted by atomic mass is 16.4. The molecule has 0 unspecified atom stereocenters. The first kappa shape index (κ1) is 20.4. The van der Waals surface area contributed by atoms with Crippen LogP contribution in [0.1, 0.15) is 24.8 Å². The zero-order valence-corrected chi connectivity index (χ0v) is 14.7. The molecule has 0 saturated carbocycles.